The lowest BCUT2D eigenvalue weighted by Crippen LogP contribution is -1.80. The average Bonchev–Trinajstić information content (AvgIpc) is 2.37. The molecule has 0 atom stereocenters. The molecule has 0 saturated carbocycles. The molecule has 2 nitrogen and oxygen atoms in total. The van der Waals surface area contributed by atoms with Crippen molar-refractivity contribution in [1.29, 1.82) is 0 Å². The number of aromatic amines is 1. The molecule has 0 amide bonds. The third-order valence-corrected chi connectivity index (χ3v) is 1.96. The maximum atomic E-state index is 4.09. The highest BCUT2D eigenvalue weighted by Gasteiger charge is 1.96. The van der Waals surface area contributed by atoms with E-state index in [2.05, 4.69) is 23.2 Å². The van der Waals surface area contributed by atoms with Crippen molar-refractivity contribution in [2.75, 3.05) is 6.26 Å². The van der Waals surface area contributed by atoms with Gasteiger partial charge >= 0.3 is 0 Å². The summed E-state index contributed by atoms with van der Waals surface area (Å²) >= 11 is 1.67. The van der Waals surface area contributed by atoms with Crippen LogP contribution < -0.4 is 0 Å². The van der Waals surface area contributed by atoms with Gasteiger partial charge in [-0.25, -0.2) is 0 Å². The van der Waals surface area contributed by atoms with E-state index in [0.29, 0.717) is 0 Å². The number of hydrogen-bond donors (Lipinski definition) is 1. The molecule has 0 saturated heterocycles. The number of hydrogen-bond acceptors (Lipinski definition) is 2. The normalized spacial score (nSPS) is 10.2. The van der Waals surface area contributed by atoms with E-state index in [1.165, 1.54) is 12.1 Å². The molecule has 56 valence electrons. The lowest BCUT2D eigenvalue weighted by atomic mass is 10.3. The summed E-state index contributed by atoms with van der Waals surface area (Å²) < 4.78 is 0. The number of thioether (sulfide) groups is 1. The first-order chi connectivity index (χ1) is 4.86. The predicted octanol–water partition coefficient (Wildman–Crippen LogP) is 2.08. The largest absolute Gasteiger partial charge is 0.281 e. The van der Waals surface area contributed by atoms with Crippen molar-refractivity contribution >= 4 is 11.8 Å². The van der Waals surface area contributed by atoms with Gasteiger partial charge < -0.3 is 0 Å². The molecule has 1 aromatic rings. The second-order valence-corrected chi connectivity index (χ2v) is 3.01. The third kappa shape index (κ3) is 1.77. The van der Waals surface area contributed by atoms with Crippen molar-refractivity contribution in [2.45, 2.75) is 24.8 Å². The van der Waals surface area contributed by atoms with Crippen LogP contribution in [0.5, 0.6) is 0 Å². The zero-order chi connectivity index (χ0) is 7.40. The molecule has 1 rings (SSSR count). The topological polar surface area (TPSA) is 28.7 Å². The van der Waals surface area contributed by atoms with Crippen LogP contribution in [0.3, 0.4) is 0 Å². The number of aryl methyl sites for hydroxylation is 1. The molecule has 0 spiro atoms. The van der Waals surface area contributed by atoms with Crippen LogP contribution >= 0.6 is 11.8 Å². The second kappa shape index (κ2) is 3.66. The van der Waals surface area contributed by atoms with Crippen molar-refractivity contribution in [2.24, 2.45) is 0 Å². The second-order valence-electron chi connectivity index (χ2n) is 2.19. The van der Waals surface area contributed by atoms with Gasteiger partial charge in [0.1, 0.15) is 5.03 Å². The van der Waals surface area contributed by atoms with Gasteiger partial charge in [-0.1, -0.05) is 13.3 Å². The fourth-order valence-electron chi connectivity index (χ4n) is 0.842. The summed E-state index contributed by atoms with van der Waals surface area (Å²) in [5.74, 6) is 0. The van der Waals surface area contributed by atoms with Crippen LogP contribution in [0.2, 0.25) is 0 Å². The lowest BCUT2D eigenvalue weighted by Gasteiger charge is -1.86. The van der Waals surface area contributed by atoms with E-state index in [1.54, 1.807) is 11.8 Å². The van der Waals surface area contributed by atoms with Crippen LogP contribution in [-0.4, -0.2) is 16.5 Å². The molecule has 0 aliphatic heterocycles. The quantitative estimate of drug-likeness (QED) is 0.679. The van der Waals surface area contributed by atoms with Gasteiger partial charge in [0, 0.05) is 5.69 Å². The maximum absolute atomic E-state index is 4.09. The van der Waals surface area contributed by atoms with E-state index in [4.69, 9.17) is 0 Å². The Bertz CT molecular complexity index is 195. The molecule has 0 aliphatic carbocycles. The Morgan fingerprint density at radius 2 is 2.50 bits per heavy atom. The highest BCUT2D eigenvalue weighted by Crippen LogP contribution is 2.12. The standard InChI is InChI=1S/C7H12N2S/c1-3-4-6-5-7(10-2)9-8-6/h5H,3-4H2,1-2H3,(H,8,9). The van der Waals surface area contributed by atoms with E-state index >= 15 is 0 Å². The summed E-state index contributed by atoms with van der Waals surface area (Å²) in [5.41, 5.74) is 1.24. The monoisotopic (exact) mass is 156 g/mol. The van der Waals surface area contributed by atoms with Crippen LogP contribution in [-0.2, 0) is 6.42 Å². The van der Waals surface area contributed by atoms with E-state index in [1.807, 2.05) is 6.26 Å². The number of H-pyrrole nitrogens is 1. The minimum Gasteiger partial charge on any atom is -0.281 e. The van der Waals surface area contributed by atoms with Gasteiger partial charge in [-0.3, -0.25) is 5.10 Å². The van der Waals surface area contributed by atoms with Crippen LogP contribution in [0.4, 0.5) is 0 Å². The van der Waals surface area contributed by atoms with Crippen LogP contribution in [0.1, 0.15) is 19.0 Å². The molecular weight excluding hydrogens is 144 g/mol. The molecule has 0 aliphatic rings. The Morgan fingerprint density at radius 3 is 3.00 bits per heavy atom. The van der Waals surface area contributed by atoms with Gasteiger partial charge in [-0.2, -0.15) is 5.10 Å². The molecule has 3 heteroatoms. The summed E-state index contributed by atoms with van der Waals surface area (Å²) in [6.45, 7) is 2.17. The lowest BCUT2D eigenvalue weighted by molar-refractivity contribution is 0.861. The van der Waals surface area contributed by atoms with E-state index in [-0.39, 0.29) is 0 Å². The van der Waals surface area contributed by atoms with Gasteiger partial charge in [0.25, 0.3) is 0 Å². The minimum atomic E-state index is 1.09. The van der Waals surface area contributed by atoms with E-state index in [9.17, 15) is 0 Å². The van der Waals surface area contributed by atoms with Crippen molar-refractivity contribution in [3.63, 3.8) is 0 Å². The molecule has 0 unspecified atom stereocenters. The Hall–Kier alpha value is -0.440. The van der Waals surface area contributed by atoms with Crippen LogP contribution in [0.15, 0.2) is 11.1 Å². The molecule has 0 aromatic carbocycles. The number of aromatic nitrogens is 2. The van der Waals surface area contributed by atoms with E-state index in [0.717, 1.165) is 11.4 Å². The molecule has 1 aromatic heterocycles. The smallest absolute Gasteiger partial charge is 0.118 e. The summed E-state index contributed by atoms with van der Waals surface area (Å²) in [6, 6.07) is 2.11. The minimum absolute atomic E-state index is 1.09. The fourth-order valence-corrected chi connectivity index (χ4v) is 1.24. The van der Waals surface area contributed by atoms with Crippen molar-refractivity contribution in [3.8, 4) is 0 Å². The third-order valence-electron chi connectivity index (χ3n) is 1.34. The summed E-state index contributed by atoms with van der Waals surface area (Å²) in [4.78, 5) is 0. The Morgan fingerprint density at radius 1 is 1.70 bits per heavy atom. The first-order valence-corrected chi connectivity index (χ1v) is 4.67. The zero-order valence-electron chi connectivity index (χ0n) is 6.35. The van der Waals surface area contributed by atoms with Gasteiger partial charge in [0.05, 0.1) is 0 Å². The summed E-state index contributed by atoms with van der Waals surface area (Å²) in [7, 11) is 0. The van der Waals surface area contributed by atoms with Gasteiger partial charge in [-0.15, -0.1) is 11.8 Å². The predicted molar refractivity (Wildman–Crippen MR) is 44.4 cm³/mol. The summed E-state index contributed by atoms with van der Waals surface area (Å²) in [6.07, 6.45) is 4.31. The van der Waals surface area contributed by atoms with Crippen molar-refractivity contribution < 1.29 is 0 Å². The van der Waals surface area contributed by atoms with Crippen molar-refractivity contribution in [1.82, 2.24) is 10.2 Å². The number of nitrogens with one attached hydrogen (secondary N) is 1. The highest BCUT2D eigenvalue weighted by molar-refractivity contribution is 7.98. The number of rotatable bonds is 3. The molecule has 0 fully saturated rings. The van der Waals surface area contributed by atoms with Crippen molar-refractivity contribution in [3.05, 3.63) is 11.8 Å². The Balaban J connectivity index is 2.59. The first kappa shape index (κ1) is 7.66. The van der Waals surface area contributed by atoms with E-state index < -0.39 is 0 Å². The Kier molecular flexibility index (Phi) is 2.81. The van der Waals surface area contributed by atoms with Gasteiger partial charge in [0.2, 0.25) is 0 Å². The van der Waals surface area contributed by atoms with Crippen LogP contribution in [0.25, 0.3) is 0 Å². The number of nitrogens with zero attached hydrogens (tertiary/aromatic N) is 1. The molecule has 10 heavy (non-hydrogen) atoms. The molecule has 1 heterocycles. The Labute approximate surface area is 65.4 Å². The molecule has 1 N–H and O–H groups in total. The maximum Gasteiger partial charge on any atom is 0.118 e. The molecule has 0 bridgehead atoms. The first-order valence-electron chi connectivity index (χ1n) is 3.45. The molecule has 0 radical (unpaired) electrons. The van der Waals surface area contributed by atoms with Gasteiger partial charge in [-0.05, 0) is 18.7 Å². The summed E-state index contributed by atoms with van der Waals surface area (Å²) in [5, 5.41) is 8.16. The zero-order valence-corrected chi connectivity index (χ0v) is 7.16. The average molecular weight is 156 g/mol. The highest BCUT2D eigenvalue weighted by atomic mass is 32.2. The SMILES string of the molecule is CCCc1cc(SC)n[nH]1. The van der Waals surface area contributed by atoms with Crippen LogP contribution in [0, 0.1) is 0 Å². The fraction of sp³-hybridized carbons (Fsp3) is 0.571. The van der Waals surface area contributed by atoms with Gasteiger partial charge in [0.15, 0.2) is 0 Å². The molecular formula is C7H12N2S.